The minimum absolute atomic E-state index is 0.176. The summed E-state index contributed by atoms with van der Waals surface area (Å²) < 4.78 is 1.24. The summed E-state index contributed by atoms with van der Waals surface area (Å²) in [6.45, 7) is 29.3. The van der Waals surface area contributed by atoms with Gasteiger partial charge in [-0.1, -0.05) is 127 Å². The monoisotopic (exact) mass is 685 g/mol. The van der Waals surface area contributed by atoms with Crippen LogP contribution >= 0.6 is 17.5 Å². The Hall–Kier alpha value is -0.998. The number of halogens is 1. The van der Waals surface area contributed by atoms with Crippen LogP contribution in [0.1, 0.15) is 123 Å². The number of hydrogen-bond donors (Lipinski definition) is 1. The Morgan fingerprint density at radius 2 is 1.22 bits per heavy atom. The van der Waals surface area contributed by atoms with Crippen LogP contribution in [0.5, 0.6) is 0 Å². The topological polar surface area (TPSA) is 26.0 Å². The third-order valence-electron chi connectivity index (χ3n) is 7.29. The zero-order valence-electron chi connectivity index (χ0n) is 27.6. The molecular formula is C37H55ClNPPd. The Kier molecular flexibility index (Phi) is 13.8. The summed E-state index contributed by atoms with van der Waals surface area (Å²) in [5, 5.41) is 2.06. The summed E-state index contributed by atoms with van der Waals surface area (Å²) in [5.74, 6) is 1.55. The summed E-state index contributed by atoms with van der Waals surface area (Å²) in [5.41, 5.74) is 14.2. The van der Waals surface area contributed by atoms with E-state index in [0.29, 0.717) is 24.3 Å². The molecule has 0 aliphatic rings. The maximum atomic E-state index is 5.78. The first-order chi connectivity index (χ1) is 19.0. The van der Waals surface area contributed by atoms with Crippen molar-refractivity contribution in [3.05, 3.63) is 82.9 Å². The van der Waals surface area contributed by atoms with Crippen LogP contribution in [0.3, 0.4) is 0 Å². The van der Waals surface area contributed by atoms with Gasteiger partial charge < -0.3 is 0 Å². The van der Waals surface area contributed by atoms with Crippen LogP contribution in [0.2, 0.25) is 0 Å². The van der Waals surface area contributed by atoms with Crippen LogP contribution in [0.25, 0.3) is 11.1 Å². The zero-order chi connectivity index (χ0) is 31.1. The van der Waals surface area contributed by atoms with Gasteiger partial charge in [0.2, 0.25) is 0 Å². The molecule has 2 N–H and O–H groups in total. The maximum absolute atomic E-state index is 5.78. The van der Waals surface area contributed by atoms with Gasteiger partial charge in [0.15, 0.2) is 0 Å². The molecule has 0 saturated carbocycles. The molecule has 41 heavy (non-hydrogen) atoms. The molecule has 4 heteroatoms. The van der Waals surface area contributed by atoms with E-state index < -0.39 is 0 Å². The van der Waals surface area contributed by atoms with Crippen LogP contribution < -0.4 is 15.1 Å². The van der Waals surface area contributed by atoms with E-state index in [4.69, 9.17) is 15.3 Å². The Labute approximate surface area is 266 Å². The molecule has 0 heterocycles. The molecule has 0 spiro atoms. The van der Waals surface area contributed by atoms with Gasteiger partial charge in [-0.2, -0.15) is 0 Å². The van der Waals surface area contributed by atoms with E-state index in [0.717, 1.165) is 6.42 Å². The molecule has 230 valence electrons. The molecule has 0 atom stereocenters. The van der Waals surface area contributed by atoms with Crippen molar-refractivity contribution < 1.29 is 17.0 Å². The molecular weight excluding hydrogens is 631 g/mol. The van der Waals surface area contributed by atoms with E-state index in [1.807, 2.05) is 12.1 Å². The number of nitrogens with two attached hydrogens (primary N) is 1. The zero-order valence-corrected chi connectivity index (χ0v) is 30.8. The van der Waals surface area contributed by atoms with Gasteiger partial charge in [0.05, 0.1) is 0 Å². The van der Waals surface area contributed by atoms with Gasteiger partial charge in [0.1, 0.15) is 0 Å². The van der Waals surface area contributed by atoms with Gasteiger partial charge in [-0.15, -0.1) is 0 Å². The van der Waals surface area contributed by atoms with Gasteiger partial charge in [-0.25, -0.2) is 0 Å². The van der Waals surface area contributed by atoms with Crippen LogP contribution in [0, 0.1) is 0 Å². The molecule has 0 radical (unpaired) electrons. The van der Waals surface area contributed by atoms with Crippen molar-refractivity contribution in [1.82, 2.24) is 0 Å². The average molecular weight is 687 g/mol. The molecule has 0 aliphatic carbocycles. The molecule has 3 aromatic carbocycles. The number of rotatable bonds is 8. The second-order valence-corrected chi connectivity index (χ2v) is 19.6. The summed E-state index contributed by atoms with van der Waals surface area (Å²) in [4.78, 5) is 0. The third kappa shape index (κ3) is 9.75. The van der Waals surface area contributed by atoms with Gasteiger partial charge in [-0.05, 0) is 61.2 Å². The van der Waals surface area contributed by atoms with E-state index in [1.165, 1.54) is 37.4 Å². The number of hydrogen-bond acceptors (Lipinski definition) is 1. The molecule has 0 saturated heterocycles. The molecule has 0 unspecified atom stereocenters. The van der Waals surface area contributed by atoms with E-state index >= 15 is 0 Å². The first-order valence-electron chi connectivity index (χ1n) is 15.1. The van der Waals surface area contributed by atoms with Crippen molar-refractivity contribution in [3.8, 4) is 11.1 Å². The SMILES string of the molecule is CC(C)c1cc(C(C)C)c(-c2ccccc2P(C(C)(C)C)C(C)(C)C)c(C(C)C)c1.NCCc1cccc[c]1[Pd][Cl]. The predicted octanol–water partition coefficient (Wildman–Crippen LogP) is 10.5. The van der Waals surface area contributed by atoms with Crippen LogP contribution in [-0.2, 0) is 23.4 Å². The Balaban J connectivity index is 0.000000446. The molecule has 0 aromatic heterocycles. The van der Waals surface area contributed by atoms with Crippen molar-refractivity contribution in [2.24, 2.45) is 5.73 Å². The summed E-state index contributed by atoms with van der Waals surface area (Å²) >= 11 is 0.176. The van der Waals surface area contributed by atoms with E-state index in [2.05, 4.69) is 132 Å². The first kappa shape index (κ1) is 36.2. The van der Waals surface area contributed by atoms with E-state index in [-0.39, 0.29) is 35.2 Å². The van der Waals surface area contributed by atoms with Crippen molar-refractivity contribution in [1.29, 1.82) is 0 Å². The Morgan fingerprint density at radius 1 is 0.732 bits per heavy atom. The Morgan fingerprint density at radius 3 is 1.66 bits per heavy atom. The van der Waals surface area contributed by atoms with Crippen LogP contribution in [0.4, 0.5) is 0 Å². The normalized spacial score (nSPS) is 12.4. The number of benzene rings is 3. The van der Waals surface area contributed by atoms with Crippen molar-refractivity contribution in [3.63, 3.8) is 0 Å². The fourth-order valence-electron chi connectivity index (χ4n) is 5.77. The minimum atomic E-state index is -0.366. The summed E-state index contributed by atoms with van der Waals surface area (Å²) in [7, 11) is 5.41. The molecule has 3 aromatic rings. The van der Waals surface area contributed by atoms with Crippen molar-refractivity contribution in [2.75, 3.05) is 6.54 Å². The fraction of sp³-hybridized carbons (Fsp3) is 0.514. The van der Waals surface area contributed by atoms with Crippen molar-refractivity contribution in [2.45, 2.75) is 118 Å². The van der Waals surface area contributed by atoms with E-state index in [9.17, 15) is 0 Å². The molecule has 0 aliphatic heterocycles. The molecule has 1 nitrogen and oxygen atoms in total. The quantitative estimate of drug-likeness (QED) is 0.185. The second-order valence-electron chi connectivity index (χ2n) is 13.9. The predicted molar refractivity (Wildman–Crippen MR) is 185 cm³/mol. The fourth-order valence-corrected chi connectivity index (χ4v) is 11.3. The molecule has 0 amide bonds. The summed E-state index contributed by atoms with van der Waals surface area (Å²) in [6, 6.07) is 22.5. The van der Waals surface area contributed by atoms with Crippen LogP contribution in [0.15, 0.2) is 60.7 Å². The molecule has 0 bridgehead atoms. The first-order valence-corrected chi connectivity index (χ1v) is 19.2. The third-order valence-corrected chi connectivity index (χ3v) is 12.7. The molecule has 3 rings (SSSR count). The standard InChI is InChI=1S/C29H45P.C8H10N.ClH.Pd/c1-19(2)22-17-24(20(3)4)27(25(18-22)21(5)6)23-15-13-14-16-26(23)30(28(7,8)9)29(10,11)12;9-7-6-8-4-2-1-3-5-8;;/h13-21H,1-12H3;1-4H,6-7,9H2;1H;/q;;;+1/p-1. The van der Waals surface area contributed by atoms with Crippen LogP contribution in [-0.4, -0.2) is 16.9 Å². The van der Waals surface area contributed by atoms with E-state index in [1.54, 1.807) is 5.30 Å². The second kappa shape index (κ2) is 15.6. The Bertz CT molecular complexity index is 1210. The molecule has 0 fully saturated rings. The summed E-state index contributed by atoms with van der Waals surface area (Å²) in [6.07, 6.45) is 0.932. The van der Waals surface area contributed by atoms with Gasteiger partial charge in [0.25, 0.3) is 0 Å². The van der Waals surface area contributed by atoms with Gasteiger partial charge in [-0.3, -0.25) is 0 Å². The van der Waals surface area contributed by atoms with Gasteiger partial charge >= 0.3 is 79.1 Å². The van der Waals surface area contributed by atoms with Crippen molar-refractivity contribution >= 4 is 26.8 Å². The average Bonchev–Trinajstić information content (AvgIpc) is 2.87. The van der Waals surface area contributed by atoms with Gasteiger partial charge in [0, 0.05) is 0 Å².